The molecule has 0 aromatic carbocycles. The quantitative estimate of drug-likeness (QED) is 0.177. The van der Waals surface area contributed by atoms with E-state index >= 15 is 0 Å². The summed E-state index contributed by atoms with van der Waals surface area (Å²) in [6.07, 6.45) is 19.8. The van der Waals surface area contributed by atoms with Crippen LogP contribution in [0.1, 0.15) is 129 Å². The number of hydrogen-bond acceptors (Lipinski definition) is 4. The van der Waals surface area contributed by atoms with Crippen molar-refractivity contribution in [1.82, 2.24) is 0 Å². The maximum atomic E-state index is 11.0. The molecule has 0 radical (unpaired) electrons. The smallest absolute Gasteiger partial charge is 0.748 e. The molecule has 0 aromatic rings. The van der Waals surface area contributed by atoms with E-state index in [-0.39, 0.29) is 57.5 Å². The van der Waals surface area contributed by atoms with Crippen LogP contribution >= 0.6 is 0 Å². The van der Waals surface area contributed by atoms with Crippen LogP contribution in [-0.4, -0.2) is 29.4 Å². The molecule has 0 saturated carbocycles. The van der Waals surface area contributed by atoms with Crippen molar-refractivity contribution in [2.45, 2.75) is 141 Å². The van der Waals surface area contributed by atoms with Crippen molar-refractivity contribution in [3.63, 3.8) is 0 Å². The molecule has 0 saturated heterocycles. The van der Waals surface area contributed by atoms with Gasteiger partial charge in [0, 0.05) is 5.25 Å². The largest absolute Gasteiger partial charge is 1.00 e. The third-order valence-electron chi connectivity index (χ3n) is 5.55. The van der Waals surface area contributed by atoms with E-state index < -0.39 is 15.4 Å². The molecule has 6 heteroatoms. The molecule has 0 amide bonds. The van der Waals surface area contributed by atoms with Crippen LogP contribution < -0.4 is 51.4 Å². The Kier molecular flexibility index (Phi) is 24.6. The van der Waals surface area contributed by atoms with Crippen molar-refractivity contribution in [1.29, 1.82) is 0 Å². The molecule has 0 rings (SSSR count). The van der Waals surface area contributed by atoms with Crippen LogP contribution in [-0.2, 0) is 10.1 Å². The summed E-state index contributed by atoms with van der Waals surface area (Å²) in [6, 6.07) is 0. The second-order valence-electron chi connectivity index (χ2n) is 8.14. The van der Waals surface area contributed by atoms with E-state index in [1.54, 1.807) is 6.92 Å². The number of aliphatic hydroxyl groups excluding tert-OH is 1. The monoisotopic (exact) mass is 444 g/mol. The van der Waals surface area contributed by atoms with Crippen molar-refractivity contribution in [3.8, 4) is 0 Å². The maximum Gasteiger partial charge on any atom is 1.00 e. The van der Waals surface area contributed by atoms with E-state index in [1.165, 1.54) is 64.2 Å². The van der Waals surface area contributed by atoms with Gasteiger partial charge in [0.05, 0.1) is 16.2 Å². The third-order valence-corrected chi connectivity index (χ3v) is 6.93. The summed E-state index contributed by atoms with van der Waals surface area (Å²) in [4.78, 5) is 0. The Hall–Kier alpha value is 1.51. The van der Waals surface area contributed by atoms with Gasteiger partial charge in [-0.1, -0.05) is 104 Å². The van der Waals surface area contributed by atoms with Gasteiger partial charge in [-0.05, 0) is 25.7 Å². The predicted molar refractivity (Wildman–Crippen MR) is 114 cm³/mol. The molecule has 0 fully saturated rings. The first kappa shape index (κ1) is 31.7. The number of rotatable bonds is 20. The van der Waals surface area contributed by atoms with Crippen LogP contribution in [0.2, 0.25) is 0 Å². The zero-order valence-corrected chi connectivity index (χ0v) is 22.9. The van der Waals surface area contributed by atoms with Gasteiger partial charge in [-0.2, -0.15) is 0 Å². The SMILES string of the molecule is CCCC(O)CCCCCCCCCCCCCCCC(CC)S(=O)(=O)[O-].[K+]. The summed E-state index contributed by atoms with van der Waals surface area (Å²) in [6.45, 7) is 3.90. The molecule has 28 heavy (non-hydrogen) atoms. The van der Waals surface area contributed by atoms with Crippen molar-refractivity contribution in [2.75, 3.05) is 0 Å². The number of aliphatic hydroxyl groups is 1. The summed E-state index contributed by atoms with van der Waals surface area (Å²) < 4.78 is 33.0. The van der Waals surface area contributed by atoms with Gasteiger partial charge in [-0.3, -0.25) is 0 Å². The molecular formula is C22H45KO4S. The minimum atomic E-state index is -4.10. The molecule has 2 unspecified atom stereocenters. The normalized spacial score (nSPS) is 13.9. The van der Waals surface area contributed by atoms with E-state index in [0.717, 1.165) is 38.5 Å². The standard InChI is InChI=1S/C22H46O4S.K/c1-3-18-21(23)19-16-14-12-10-8-6-5-7-9-11-13-15-17-20-22(4-2)27(24,25)26;/h21-23H,3-20H2,1-2H3,(H,24,25,26);/q;+1/p-1. The Labute approximate surface area is 218 Å². The Morgan fingerprint density at radius 2 is 1.04 bits per heavy atom. The first-order valence-electron chi connectivity index (χ1n) is 11.5. The Morgan fingerprint density at radius 1 is 0.679 bits per heavy atom. The molecule has 0 aliphatic carbocycles. The Bertz CT molecular complexity index is 415. The molecule has 4 nitrogen and oxygen atoms in total. The molecule has 0 spiro atoms. The van der Waals surface area contributed by atoms with Gasteiger partial charge < -0.3 is 9.66 Å². The topological polar surface area (TPSA) is 77.4 Å². The van der Waals surface area contributed by atoms with E-state index in [1.807, 2.05) is 0 Å². The average molecular weight is 445 g/mol. The summed E-state index contributed by atoms with van der Waals surface area (Å²) in [5.74, 6) is 0. The second-order valence-corrected chi connectivity index (χ2v) is 9.79. The first-order valence-corrected chi connectivity index (χ1v) is 13.0. The summed E-state index contributed by atoms with van der Waals surface area (Å²) in [5, 5.41) is 8.99. The fourth-order valence-corrected chi connectivity index (χ4v) is 4.59. The average Bonchev–Trinajstić information content (AvgIpc) is 2.60. The molecule has 164 valence electrons. The number of hydrogen-bond donors (Lipinski definition) is 1. The summed E-state index contributed by atoms with van der Waals surface area (Å²) in [7, 11) is -4.10. The van der Waals surface area contributed by atoms with Crippen LogP contribution in [0.4, 0.5) is 0 Å². The van der Waals surface area contributed by atoms with Gasteiger partial charge in [0.1, 0.15) is 0 Å². The van der Waals surface area contributed by atoms with Crippen molar-refractivity contribution < 1.29 is 69.5 Å². The zero-order chi connectivity index (χ0) is 20.4. The fraction of sp³-hybridized carbons (Fsp3) is 1.00. The van der Waals surface area contributed by atoms with Gasteiger partial charge in [-0.15, -0.1) is 0 Å². The zero-order valence-electron chi connectivity index (χ0n) is 19.0. The molecule has 0 aliphatic heterocycles. The second kappa shape index (κ2) is 21.7. The van der Waals surface area contributed by atoms with Crippen molar-refractivity contribution in [2.24, 2.45) is 0 Å². The molecule has 0 bridgehead atoms. The summed E-state index contributed by atoms with van der Waals surface area (Å²) >= 11 is 0. The van der Waals surface area contributed by atoms with Gasteiger partial charge in [-0.25, -0.2) is 8.42 Å². The van der Waals surface area contributed by atoms with E-state index in [9.17, 15) is 18.1 Å². The van der Waals surface area contributed by atoms with Crippen LogP contribution in [0, 0.1) is 0 Å². The Balaban J connectivity index is 0. The van der Waals surface area contributed by atoms with Crippen LogP contribution in [0.3, 0.4) is 0 Å². The van der Waals surface area contributed by atoms with Crippen molar-refractivity contribution in [3.05, 3.63) is 0 Å². The molecule has 1 N–H and O–H groups in total. The maximum absolute atomic E-state index is 11.0. The molecule has 0 heterocycles. The van der Waals surface area contributed by atoms with E-state index in [4.69, 9.17) is 0 Å². The molecule has 0 aliphatic rings. The Morgan fingerprint density at radius 3 is 1.36 bits per heavy atom. The third kappa shape index (κ3) is 20.8. The minimum absolute atomic E-state index is 0. The molecule has 2 atom stereocenters. The fourth-order valence-electron chi connectivity index (χ4n) is 3.73. The van der Waals surface area contributed by atoms with Gasteiger partial charge in [0.25, 0.3) is 0 Å². The number of unbranched alkanes of at least 4 members (excludes halogenated alkanes) is 12. The van der Waals surface area contributed by atoms with Crippen LogP contribution in [0.15, 0.2) is 0 Å². The predicted octanol–water partition coefficient (Wildman–Crippen LogP) is 3.33. The van der Waals surface area contributed by atoms with Gasteiger partial charge in [0.2, 0.25) is 0 Å². The van der Waals surface area contributed by atoms with Crippen molar-refractivity contribution >= 4 is 10.1 Å². The van der Waals surface area contributed by atoms with Crippen LogP contribution in [0.25, 0.3) is 0 Å². The van der Waals surface area contributed by atoms with Crippen LogP contribution in [0.5, 0.6) is 0 Å². The van der Waals surface area contributed by atoms with E-state index in [2.05, 4.69) is 6.92 Å². The molecular weight excluding hydrogens is 399 g/mol. The molecule has 0 aromatic heterocycles. The minimum Gasteiger partial charge on any atom is -0.748 e. The van der Waals surface area contributed by atoms with E-state index in [0.29, 0.717) is 12.8 Å². The van der Waals surface area contributed by atoms with Gasteiger partial charge >= 0.3 is 51.4 Å². The first-order chi connectivity index (χ1) is 12.9. The van der Waals surface area contributed by atoms with Gasteiger partial charge in [0.15, 0.2) is 0 Å². The summed E-state index contributed by atoms with van der Waals surface area (Å²) in [5.41, 5.74) is 0.